The first kappa shape index (κ1) is 21.8. The Balaban J connectivity index is 1.40. The monoisotopic (exact) mass is 400 g/mol. The fourth-order valence-corrected chi connectivity index (χ4v) is 4.31. The molecule has 2 aliphatic rings. The van der Waals surface area contributed by atoms with Crippen molar-refractivity contribution >= 4 is 17.5 Å². The van der Waals surface area contributed by atoms with Gasteiger partial charge in [-0.1, -0.05) is 19.1 Å². The van der Waals surface area contributed by atoms with E-state index in [1.54, 1.807) is 0 Å². The summed E-state index contributed by atoms with van der Waals surface area (Å²) in [5, 5.41) is 2.92. The topological polar surface area (TPSA) is 55.9 Å². The maximum absolute atomic E-state index is 12.7. The molecule has 1 N–H and O–H groups in total. The summed E-state index contributed by atoms with van der Waals surface area (Å²) in [4.78, 5) is 31.8. The highest BCUT2D eigenvalue weighted by molar-refractivity contribution is 5.93. The van der Waals surface area contributed by atoms with Crippen molar-refractivity contribution in [1.29, 1.82) is 0 Å². The minimum atomic E-state index is -0.0856. The Kier molecular flexibility index (Phi) is 8.07. The number of likely N-dealkylation sites (N-methyl/N-ethyl adjacent to an activating group) is 1. The second-order valence-electron chi connectivity index (χ2n) is 8.55. The van der Waals surface area contributed by atoms with Crippen molar-refractivity contribution in [3.63, 3.8) is 0 Å². The molecule has 1 aromatic carbocycles. The highest BCUT2D eigenvalue weighted by atomic mass is 16.2. The lowest BCUT2D eigenvalue weighted by molar-refractivity contribution is -0.134. The average Bonchev–Trinajstić information content (AvgIpc) is 2.74. The molecule has 1 atom stereocenters. The van der Waals surface area contributed by atoms with Gasteiger partial charge in [0.2, 0.25) is 11.8 Å². The number of carbonyl (C=O) groups excluding carboxylic acids is 2. The van der Waals surface area contributed by atoms with E-state index in [0.717, 1.165) is 64.3 Å². The van der Waals surface area contributed by atoms with Crippen molar-refractivity contribution in [1.82, 2.24) is 14.7 Å². The van der Waals surface area contributed by atoms with Crippen LogP contribution in [0.4, 0.5) is 5.69 Å². The lowest BCUT2D eigenvalue weighted by atomic mass is 9.96. The maximum Gasteiger partial charge on any atom is 0.224 e. The molecule has 0 radical (unpaired) electrons. The normalized spacial score (nSPS) is 21.2. The Bertz CT molecular complexity index is 685. The van der Waals surface area contributed by atoms with E-state index >= 15 is 0 Å². The lowest BCUT2D eigenvalue weighted by Gasteiger charge is -2.38. The van der Waals surface area contributed by atoms with Crippen LogP contribution in [-0.2, 0) is 16.0 Å². The predicted molar refractivity (Wildman–Crippen MR) is 117 cm³/mol. The molecular formula is C23H36N4O2. The molecular weight excluding hydrogens is 364 g/mol. The molecule has 3 rings (SSSR count). The first-order valence-corrected chi connectivity index (χ1v) is 11.1. The van der Waals surface area contributed by atoms with E-state index in [0.29, 0.717) is 12.3 Å². The lowest BCUT2D eigenvalue weighted by Crippen LogP contribution is -2.49. The van der Waals surface area contributed by atoms with Crippen LogP contribution in [-0.4, -0.2) is 79.4 Å². The van der Waals surface area contributed by atoms with Crippen LogP contribution in [0.2, 0.25) is 0 Å². The third-order valence-corrected chi connectivity index (χ3v) is 6.17. The number of anilines is 1. The van der Waals surface area contributed by atoms with E-state index in [9.17, 15) is 9.59 Å². The molecule has 0 aromatic heterocycles. The number of likely N-dealkylation sites (tertiary alicyclic amines) is 1. The molecule has 2 heterocycles. The van der Waals surface area contributed by atoms with Crippen LogP contribution in [0.25, 0.3) is 0 Å². The molecule has 1 unspecified atom stereocenters. The highest BCUT2D eigenvalue weighted by Crippen LogP contribution is 2.20. The van der Waals surface area contributed by atoms with Gasteiger partial charge >= 0.3 is 0 Å². The molecule has 1 aromatic rings. The van der Waals surface area contributed by atoms with Gasteiger partial charge in [-0.3, -0.25) is 9.59 Å². The van der Waals surface area contributed by atoms with E-state index < -0.39 is 0 Å². The first-order chi connectivity index (χ1) is 14.0. The van der Waals surface area contributed by atoms with Crippen LogP contribution in [0, 0.1) is 5.92 Å². The van der Waals surface area contributed by atoms with E-state index in [2.05, 4.69) is 29.1 Å². The molecule has 2 amide bonds. The number of benzene rings is 1. The Morgan fingerprint density at radius 2 is 1.90 bits per heavy atom. The van der Waals surface area contributed by atoms with Crippen LogP contribution >= 0.6 is 0 Å². The second kappa shape index (κ2) is 10.7. The van der Waals surface area contributed by atoms with Gasteiger partial charge in [0.15, 0.2) is 0 Å². The summed E-state index contributed by atoms with van der Waals surface area (Å²) in [7, 11) is 2.18. The number of piperazine rings is 1. The van der Waals surface area contributed by atoms with Crippen LogP contribution in [0.5, 0.6) is 0 Å². The molecule has 0 saturated carbocycles. The number of amides is 2. The zero-order valence-electron chi connectivity index (χ0n) is 18.0. The van der Waals surface area contributed by atoms with Crippen molar-refractivity contribution in [3.8, 4) is 0 Å². The van der Waals surface area contributed by atoms with Gasteiger partial charge in [0, 0.05) is 64.3 Å². The Labute approximate surface area is 175 Å². The third-order valence-electron chi connectivity index (χ3n) is 6.17. The van der Waals surface area contributed by atoms with Gasteiger partial charge in [0.1, 0.15) is 0 Å². The van der Waals surface area contributed by atoms with Gasteiger partial charge < -0.3 is 20.0 Å². The fraction of sp³-hybridized carbons (Fsp3) is 0.652. The fourth-order valence-electron chi connectivity index (χ4n) is 4.31. The zero-order valence-corrected chi connectivity index (χ0v) is 18.0. The van der Waals surface area contributed by atoms with E-state index in [1.165, 1.54) is 12.0 Å². The molecule has 6 heteroatoms. The Hall–Kier alpha value is -1.92. The summed E-state index contributed by atoms with van der Waals surface area (Å²) in [6, 6.07) is 7.89. The van der Waals surface area contributed by atoms with E-state index in [-0.39, 0.29) is 18.2 Å². The quantitative estimate of drug-likeness (QED) is 0.764. The number of piperidine rings is 1. The summed E-state index contributed by atoms with van der Waals surface area (Å²) in [5.41, 5.74) is 2.01. The average molecular weight is 401 g/mol. The SMILES string of the molecule is CCc1cccc(NC(=O)CCC(=O)N2CCCC(CN3CCN(C)CC3)C2)c1. The summed E-state index contributed by atoms with van der Waals surface area (Å²) in [5.74, 6) is 0.588. The molecule has 160 valence electrons. The molecule has 6 nitrogen and oxygen atoms in total. The number of hydrogen-bond acceptors (Lipinski definition) is 4. The number of nitrogens with one attached hydrogen (secondary N) is 1. The first-order valence-electron chi connectivity index (χ1n) is 11.1. The smallest absolute Gasteiger partial charge is 0.224 e. The minimum absolute atomic E-state index is 0.0856. The number of hydrogen-bond donors (Lipinski definition) is 1. The molecule has 2 saturated heterocycles. The van der Waals surface area contributed by atoms with Crippen molar-refractivity contribution < 1.29 is 9.59 Å². The zero-order chi connectivity index (χ0) is 20.6. The van der Waals surface area contributed by atoms with Crippen molar-refractivity contribution in [2.75, 3.05) is 58.2 Å². The highest BCUT2D eigenvalue weighted by Gasteiger charge is 2.26. The van der Waals surface area contributed by atoms with Crippen molar-refractivity contribution in [2.45, 2.75) is 39.0 Å². The van der Waals surface area contributed by atoms with Gasteiger partial charge in [-0.15, -0.1) is 0 Å². The number of carbonyl (C=O) groups is 2. The Morgan fingerprint density at radius 1 is 1.10 bits per heavy atom. The van der Waals surface area contributed by atoms with Gasteiger partial charge in [-0.2, -0.15) is 0 Å². The second-order valence-corrected chi connectivity index (χ2v) is 8.55. The van der Waals surface area contributed by atoms with Crippen molar-refractivity contribution in [3.05, 3.63) is 29.8 Å². The van der Waals surface area contributed by atoms with Crippen molar-refractivity contribution in [2.24, 2.45) is 5.92 Å². The predicted octanol–water partition coefficient (Wildman–Crippen LogP) is 2.45. The molecule has 29 heavy (non-hydrogen) atoms. The largest absolute Gasteiger partial charge is 0.342 e. The van der Waals surface area contributed by atoms with Crippen LogP contribution in [0.1, 0.15) is 38.2 Å². The van der Waals surface area contributed by atoms with Crippen LogP contribution in [0.3, 0.4) is 0 Å². The van der Waals surface area contributed by atoms with Crippen LogP contribution < -0.4 is 5.32 Å². The summed E-state index contributed by atoms with van der Waals surface area (Å²) >= 11 is 0. The van der Waals surface area contributed by atoms with Gasteiger partial charge in [0.25, 0.3) is 0 Å². The van der Waals surface area contributed by atoms with Gasteiger partial charge in [-0.25, -0.2) is 0 Å². The van der Waals surface area contributed by atoms with Gasteiger partial charge in [-0.05, 0) is 49.9 Å². The summed E-state index contributed by atoms with van der Waals surface area (Å²) in [6.07, 6.45) is 3.74. The van der Waals surface area contributed by atoms with E-state index in [1.807, 2.05) is 29.2 Å². The van der Waals surface area contributed by atoms with Gasteiger partial charge in [0.05, 0.1) is 0 Å². The molecule has 2 aliphatic heterocycles. The number of rotatable bonds is 7. The number of aryl methyl sites for hydroxylation is 1. The molecule has 0 aliphatic carbocycles. The minimum Gasteiger partial charge on any atom is -0.342 e. The Morgan fingerprint density at radius 3 is 2.66 bits per heavy atom. The van der Waals surface area contributed by atoms with Crippen LogP contribution in [0.15, 0.2) is 24.3 Å². The summed E-state index contributed by atoms with van der Waals surface area (Å²) < 4.78 is 0. The van der Waals surface area contributed by atoms with E-state index in [4.69, 9.17) is 0 Å². The molecule has 0 spiro atoms. The third kappa shape index (κ3) is 6.82. The molecule has 0 bridgehead atoms. The summed E-state index contributed by atoms with van der Waals surface area (Å²) in [6.45, 7) is 9.36. The molecule has 2 fully saturated rings. The standard InChI is InChI=1S/C23H36N4O2/c1-3-19-6-4-8-21(16-19)24-22(28)9-10-23(29)27-11-5-7-20(18-27)17-26-14-12-25(2)13-15-26/h4,6,8,16,20H,3,5,7,9-15,17-18H2,1-2H3,(H,24,28). The maximum atomic E-state index is 12.7. The number of nitrogens with zero attached hydrogens (tertiary/aromatic N) is 3.